The normalized spacial score (nSPS) is 13.4. The maximum atomic E-state index is 12.9. The van der Waals surface area contributed by atoms with E-state index < -0.39 is 22.0 Å². The largest absolute Gasteiger partial charge is 0.453 e. The first-order valence-corrected chi connectivity index (χ1v) is 8.59. The fraction of sp³-hybridized carbons (Fsp3) is 0.125. The topological polar surface area (TPSA) is 111 Å². The quantitative estimate of drug-likeness (QED) is 0.725. The number of anilines is 2. The van der Waals surface area contributed by atoms with Crippen LogP contribution in [0.4, 0.5) is 21.0 Å². The Morgan fingerprint density at radius 1 is 0.920 bits per heavy atom. The molecule has 0 fully saturated rings. The summed E-state index contributed by atoms with van der Waals surface area (Å²) in [5.41, 5.74) is 1.36. The molecule has 0 radical (unpaired) electrons. The van der Waals surface area contributed by atoms with Crippen molar-refractivity contribution in [3.05, 3.63) is 36.4 Å². The van der Waals surface area contributed by atoms with Gasteiger partial charge in [0.05, 0.1) is 24.8 Å². The molecule has 0 bridgehead atoms. The number of carbonyl (C=O) groups excluding carboxylic acids is 2. The molecular weight excluding hydrogens is 348 g/mol. The average molecular weight is 362 g/mol. The molecule has 2 aromatic rings. The van der Waals surface area contributed by atoms with Gasteiger partial charge in [0.1, 0.15) is 4.90 Å². The van der Waals surface area contributed by atoms with Crippen molar-refractivity contribution in [3.63, 3.8) is 0 Å². The van der Waals surface area contributed by atoms with Crippen LogP contribution in [0.15, 0.2) is 46.2 Å². The Balaban J connectivity index is 2.12. The number of fused-ring (bicyclic) bond motifs is 3. The van der Waals surface area contributed by atoms with Gasteiger partial charge in [0.25, 0.3) is 0 Å². The van der Waals surface area contributed by atoms with Crippen molar-refractivity contribution < 1.29 is 27.5 Å². The molecule has 0 saturated carbocycles. The highest BCUT2D eigenvalue weighted by atomic mass is 32.2. The van der Waals surface area contributed by atoms with Crippen molar-refractivity contribution in [1.29, 1.82) is 0 Å². The van der Waals surface area contributed by atoms with Gasteiger partial charge in [-0.1, -0.05) is 18.2 Å². The molecule has 1 aliphatic rings. The molecule has 0 atom stereocenters. The zero-order valence-electron chi connectivity index (χ0n) is 13.3. The van der Waals surface area contributed by atoms with E-state index in [1.165, 1.54) is 26.4 Å². The second-order valence-electron chi connectivity index (χ2n) is 5.13. The van der Waals surface area contributed by atoms with Gasteiger partial charge in [-0.05, 0) is 18.2 Å². The first-order chi connectivity index (χ1) is 11.9. The molecule has 0 saturated heterocycles. The van der Waals surface area contributed by atoms with Crippen LogP contribution in [0.25, 0.3) is 11.1 Å². The molecule has 0 aromatic heterocycles. The van der Waals surface area contributed by atoms with Gasteiger partial charge in [0.15, 0.2) is 0 Å². The Morgan fingerprint density at radius 2 is 1.60 bits per heavy atom. The van der Waals surface area contributed by atoms with Crippen LogP contribution in [0.2, 0.25) is 0 Å². The number of amides is 2. The smallest absolute Gasteiger partial charge is 0.411 e. The molecule has 3 rings (SSSR count). The lowest BCUT2D eigenvalue weighted by Crippen LogP contribution is -2.13. The van der Waals surface area contributed by atoms with E-state index in [0.717, 1.165) is 0 Å². The van der Waals surface area contributed by atoms with Crippen LogP contribution in [0.1, 0.15) is 0 Å². The van der Waals surface area contributed by atoms with Crippen LogP contribution < -0.4 is 10.6 Å². The van der Waals surface area contributed by atoms with Gasteiger partial charge < -0.3 is 9.47 Å². The molecule has 2 amide bonds. The Bertz CT molecular complexity index is 984. The van der Waals surface area contributed by atoms with E-state index in [4.69, 9.17) is 0 Å². The maximum Gasteiger partial charge on any atom is 0.411 e. The van der Waals surface area contributed by atoms with Crippen LogP contribution in [0, 0.1) is 0 Å². The number of benzene rings is 2. The summed E-state index contributed by atoms with van der Waals surface area (Å²) in [4.78, 5) is 22.8. The lowest BCUT2D eigenvalue weighted by Gasteiger charge is -2.08. The third-order valence-electron chi connectivity index (χ3n) is 3.70. The van der Waals surface area contributed by atoms with Crippen molar-refractivity contribution in [2.75, 3.05) is 24.9 Å². The summed E-state index contributed by atoms with van der Waals surface area (Å²) < 4.78 is 34.9. The molecule has 1 aliphatic heterocycles. The van der Waals surface area contributed by atoms with Crippen LogP contribution in [0.3, 0.4) is 0 Å². The number of rotatable bonds is 2. The van der Waals surface area contributed by atoms with E-state index in [0.29, 0.717) is 11.1 Å². The Morgan fingerprint density at radius 3 is 2.28 bits per heavy atom. The summed E-state index contributed by atoms with van der Waals surface area (Å²) in [7, 11) is -1.48. The standard InChI is InChI=1S/C16H14N2O6S/c1-23-15(19)17-9-6-7-10-11-4-3-5-12(18-16(20)24-2)14(11)25(21,22)13(10)8-9/h3-8H,1-2H3,(H,17,19)(H,18,20). The number of hydrogen-bond acceptors (Lipinski definition) is 6. The van der Waals surface area contributed by atoms with Gasteiger partial charge in [-0.3, -0.25) is 10.6 Å². The fourth-order valence-corrected chi connectivity index (χ4v) is 4.47. The second-order valence-corrected chi connectivity index (χ2v) is 6.98. The molecule has 8 nitrogen and oxygen atoms in total. The van der Waals surface area contributed by atoms with E-state index in [-0.39, 0.29) is 21.2 Å². The summed E-state index contributed by atoms with van der Waals surface area (Å²) in [5, 5.41) is 4.83. The Hall–Kier alpha value is -3.07. The van der Waals surface area contributed by atoms with Crippen LogP contribution in [0.5, 0.6) is 0 Å². The highest BCUT2D eigenvalue weighted by Crippen LogP contribution is 2.47. The van der Waals surface area contributed by atoms with E-state index >= 15 is 0 Å². The lowest BCUT2D eigenvalue weighted by molar-refractivity contribution is 0.186. The molecule has 2 N–H and O–H groups in total. The van der Waals surface area contributed by atoms with Gasteiger partial charge >= 0.3 is 12.2 Å². The van der Waals surface area contributed by atoms with Crippen LogP contribution in [-0.4, -0.2) is 34.8 Å². The predicted molar refractivity (Wildman–Crippen MR) is 89.4 cm³/mol. The van der Waals surface area contributed by atoms with Gasteiger partial charge in [0.2, 0.25) is 9.84 Å². The minimum absolute atomic E-state index is 0.00869. The number of carbonyl (C=O) groups is 2. The first-order valence-electron chi connectivity index (χ1n) is 7.11. The van der Waals surface area contributed by atoms with Crippen molar-refractivity contribution >= 4 is 33.4 Å². The van der Waals surface area contributed by atoms with Gasteiger partial charge in [0, 0.05) is 16.8 Å². The zero-order chi connectivity index (χ0) is 18.2. The second kappa shape index (κ2) is 6.10. The van der Waals surface area contributed by atoms with E-state index in [1.807, 2.05) is 0 Å². The minimum atomic E-state index is -3.88. The fourth-order valence-electron chi connectivity index (χ4n) is 2.62. The Labute approximate surface area is 143 Å². The predicted octanol–water partition coefficient (Wildman–Crippen LogP) is 2.86. The van der Waals surface area contributed by atoms with Crippen molar-refractivity contribution in [3.8, 4) is 11.1 Å². The summed E-state index contributed by atoms with van der Waals surface area (Å²) in [6.45, 7) is 0. The number of nitrogens with one attached hydrogen (secondary N) is 2. The SMILES string of the molecule is COC(=O)Nc1ccc2c(c1)S(=O)(=O)c1c(NC(=O)OC)cccc1-2. The van der Waals surface area contributed by atoms with E-state index in [2.05, 4.69) is 20.1 Å². The van der Waals surface area contributed by atoms with Crippen molar-refractivity contribution in [2.45, 2.75) is 9.79 Å². The van der Waals surface area contributed by atoms with Crippen LogP contribution in [-0.2, 0) is 19.3 Å². The lowest BCUT2D eigenvalue weighted by atomic mass is 10.0. The first kappa shape index (κ1) is 16.8. The van der Waals surface area contributed by atoms with E-state index in [1.54, 1.807) is 24.3 Å². The molecular formula is C16H14N2O6S. The van der Waals surface area contributed by atoms with E-state index in [9.17, 15) is 18.0 Å². The zero-order valence-corrected chi connectivity index (χ0v) is 14.1. The molecule has 0 aliphatic carbocycles. The number of ether oxygens (including phenoxy) is 2. The molecule has 1 heterocycles. The molecule has 0 unspecified atom stereocenters. The van der Waals surface area contributed by atoms with Gasteiger partial charge in [-0.2, -0.15) is 0 Å². The third kappa shape index (κ3) is 2.78. The summed E-state index contributed by atoms with van der Waals surface area (Å²) >= 11 is 0. The molecule has 25 heavy (non-hydrogen) atoms. The highest BCUT2D eigenvalue weighted by molar-refractivity contribution is 7.92. The summed E-state index contributed by atoms with van der Waals surface area (Å²) in [5.74, 6) is 0. The molecule has 0 spiro atoms. The van der Waals surface area contributed by atoms with Crippen molar-refractivity contribution in [1.82, 2.24) is 0 Å². The summed E-state index contributed by atoms with van der Waals surface area (Å²) in [6.07, 6.45) is -1.48. The maximum absolute atomic E-state index is 12.9. The summed E-state index contributed by atoms with van der Waals surface area (Å²) in [6, 6.07) is 9.27. The third-order valence-corrected chi connectivity index (χ3v) is 5.59. The molecule has 130 valence electrons. The monoisotopic (exact) mass is 362 g/mol. The number of methoxy groups -OCH3 is 2. The average Bonchev–Trinajstić information content (AvgIpc) is 2.83. The molecule has 2 aromatic carbocycles. The van der Waals surface area contributed by atoms with Gasteiger partial charge in [-0.15, -0.1) is 0 Å². The number of hydrogen-bond donors (Lipinski definition) is 2. The van der Waals surface area contributed by atoms with Gasteiger partial charge in [-0.25, -0.2) is 18.0 Å². The minimum Gasteiger partial charge on any atom is -0.453 e. The number of sulfone groups is 1. The highest BCUT2D eigenvalue weighted by Gasteiger charge is 2.36. The van der Waals surface area contributed by atoms with Crippen molar-refractivity contribution in [2.24, 2.45) is 0 Å². The van der Waals surface area contributed by atoms with Crippen LogP contribution >= 0.6 is 0 Å². The molecule has 9 heteroatoms. The Kier molecular flexibility index (Phi) is 4.09.